The number of hydrogen-bond acceptors (Lipinski definition) is 4. The first-order valence-corrected chi connectivity index (χ1v) is 5.39. The topological polar surface area (TPSA) is 37.4 Å². The second kappa shape index (κ2) is 3.38. The van der Waals surface area contributed by atoms with E-state index in [2.05, 4.69) is 27.3 Å². The molecule has 2 aliphatic rings. The molecule has 2 bridgehead atoms. The van der Waals surface area contributed by atoms with Crippen molar-refractivity contribution < 1.29 is 4.74 Å². The smallest absolute Gasteiger partial charge is 0.129 e. The first kappa shape index (κ1) is 8.97. The summed E-state index contributed by atoms with van der Waals surface area (Å²) in [4.78, 5) is 6.81. The fourth-order valence-corrected chi connectivity index (χ4v) is 2.38. The average molecular weight is 205 g/mol. The molecule has 0 aliphatic carbocycles. The Morgan fingerprint density at radius 3 is 3.00 bits per heavy atom. The largest absolute Gasteiger partial charge is 0.387 e. The van der Waals surface area contributed by atoms with Crippen LogP contribution in [0, 0.1) is 0 Å². The Bertz CT molecular complexity index is 351. The molecule has 3 rings (SSSR count). The first-order chi connectivity index (χ1) is 7.36. The van der Waals surface area contributed by atoms with Crippen molar-refractivity contribution in [3.05, 3.63) is 18.3 Å². The van der Waals surface area contributed by atoms with Crippen LogP contribution in [-0.2, 0) is 4.74 Å². The van der Waals surface area contributed by atoms with Crippen LogP contribution in [0.4, 0.5) is 11.5 Å². The van der Waals surface area contributed by atoms with Crippen molar-refractivity contribution in [3.8, 4) is 0 Å². The summed E-state index contributed by atoms with van der Waals surface area (Å²) in [5.74, 6) is 1.07. The lowest BCUT2D eigenvalue weighted by atomic mass is 10.2. The molecule has 0 spiro atoms. The molecule has 1 aromatic rings. The number of nitrogens with one attached hydrogen (secondary N) is 1. The van der Waals surface area contributed by atoms with Crippen molar-refractivity contribution in [3.63, 3.8) is 0 Å². The van der Waals surface area contributed by atoms with Crippen molar-refractivity contribution in [1.82, 2.24) is 4.98 Å². The van der Waals surface area contributed by atoms with Crippen molar-refractivity contribution >= 4 is 11.5 Å². The lowest BCUT2D eigenvalue weighted by Crippen LogP contribution is -2.37. The van der Waals surface area contributed by atoms with E-state index in [1.165, 1.54) is 0 Å². The monoisotopic (exact) mass is 205 g/mol. The Kier molecular flexibility index (Phi) is 2.02. The van der Waals surface area contributed by atoms with Gasteiger partial charge in [0.15, 0.2) is 0 Å². The number of anilines is 2. The molecular weight excluding hydrogens is 190 g/mol. The van der Waals surface area contributed by atoms with Gasteiger partial charge in [-0.25, -0.2) is 4.98 Å². The molecule has 15 heavy (non-hydrogen) atoms. The highest BCUT2D eigenvalue weighted by atomic mass is 16.5. The summed E-state index contributed by atoms with van der Waals surface area (Å²) < 4.78 is 5.57. The minimum Gasteiger partial charge on any atom is -0.387 e. The third-order valence-electron chi connectivity index (χ3n) is 3.23. The molecule has 2 saturated heterocycles. The second-order valence-electron chi connectivity index (χ2n) is 4.15. The Hall–Kier alpha value is -1.29. The van der Waals surface area contributed by atoms with Gasteiger partial charge in [-0.15, -0.1) is 0 Å². The molecule has 1 aromatic heterocycles. The quantitative estimate of drug-likeness (QED) is 0.784. The molecular formula is C11H15N3O. The zero-order valence-corrected chi connectivity index (χ0v) is 8.81. The van der Waals surface area contributed by atoms with Gasteiger partial charge in [0.05, 0.1) is 30.6 Å². The van der Waals surface area contributed by atoms with Crippen molar-refractivity contribution in [1.29, 1.82) is 0 Å². The van der Waals surface area contributed by atoms with Gasteiger partial charge in [-0.3, -0.25) is 0 Å². The molecule has 0 aromatic carbocycles. The summed E-state index contributed by atoms with van der Waals surface area (Å²) in [6.45, 7) is 1.86. The average Bonchev–Trinajstić information content (AvgIpc) is 2.91. The summed E-state index contributed by atoms with van der Waals surface area (Å²) in [5, 5.41) is 3.07. The molecule has 4 heteroatoms. The predicted molar refractivity (Wildman–Crippen MR) is 59.3 cm³/mol. The third-order valence-corrected chi connectivity index (χ3v) is 3.23. The summed E-state index contributed by atoms with van der Waals surface area (Å²) in [5.41, 5.74) is 1.05. The zero-order chi connectivity index (χ0) is 10.3. The van der Waals surface area contributed by atoms with Gasteiger partial charge in [0.25, 0.3) is 0 Å². The normalized spacial score (nSPS) is 28.5. The number of pyridine rings is 1. The van der Waals surface area contributed by atoms with Crippen LogP contribution in [0.15, 0.2) is 18.3 Å². The summed E-state index contributed by atoms with van der Waals surface area (Å²) >= 11 is 0. The van der Waals surface area contributed by atoms with Crippen LogP contribution in [-0.4, -0.2) is 37.3 Å². The number of ether oxygens (including phenoxy) is 1. The molecule has 1 N–H and O–H groups in total. The van der Waals surface area contributed by atoms with Gasteiger partial charge in [0.2, 0.25) is 0 Å². The minimum absolute atomic E-state index is 0.431. The van der Waals surface area contributed by atoms with E-state index in [-0.39, 0.29) is 0 Å². The Morgan fingerprint density at radius 1 is 1.53 bits per heavy atom. The van der Waals surface area contributed by atoms with Crippen LogP contribution in [0.1, 0.15) is 6.42 Å². The molecule has 0 saturated carbocycles. The molecule has 80 valence electrons. The van der Waals surface area contributed by atoms with E-state index < -0.39 is 0 Å². The maximum Gasteiger partial charge on any atom is 0.129 e. The van der Waals surface area contributed by atoms with Gasteiger partial charge in [-0.05, 0) is 18.6 Å². The van der Waals surface area contributed by atoms with Crippen LogP contribution in [0.3, 0.4) is 0 Å². The van der Waals surface area contributed by atoms with Gasteiger partial charge >= 0.3 is 0 Å². The number of aromatic nitrogens is 1. The van der Waals surface area contributed by atoms with E-state index in [4.69, 9.17) is 4.74 Å². The van der Waals surface area contributed by atoms with E-state index in [1.54, 1.807) is 0 Å². The Morgan fingerprint density at radius 2 is 2.47 bits per heavy atom. The second-order valence-corrected chi connectivity index (χ2v) is 4.15. The van der Waals surface area contributed by atoms with E-state index >= 15 is 0 Å². The molecule has 2 aliphatic heterocycles. The molecule has 4 nitrogen and oxygen atoms in total. The van der Waals surface area contributed by atoms with E-state index in [9.17, 15) is 0 Å². The third kappa shape index (κ3) is 1.45. The molecule has 2 fully saturated rings. The Labute approximate surface area is 89.3 Å². The lowest BCUT2D eigenvalue weighted by molar-refractivity contribution is 0.0989. The summed E-state index contributed by atoms with van der Waals surface area (Å²) in [7, 11) is 1.91. The zero-order valence-electron chi connectivity index (χ0n) is 8.81. The highest BCUT2D eigenvalue weighted by molar-refractivity contribution is 5.50. The van der Waals surface area contributed by atoms with Crippen molar-refractivity contribution in [2.75, 3.05) is 30.4 Å². The molecule has 0 radical (unpaired) electrons. The van der Waals surface area contributed by atoms with Crippen LogP contribution in [0.25, 0.3) is 0 Å². The SMILES string of the molecule is CNc1ccc(N2CC3CC2CO3)nc1. The van der Waals surface area contributed by atoms with Gasteiger partial charge in [-0.1, -0.05) is 0 Å². The summed E-state index contributed by atoms with van der Waals surface area (Å²) in [6.07, 6.45) is 3.47. The van der Waals surface area contributed by atoms with Crippen molar-refractivity contribution in [2.24, 2.45) is 0 Å². The highest BCUT2D eigenvalue weighted by Gasteiger charge is 2.39. The summed E-state index contributed by atoms with van der Waals surface area (Å²) in [6, 6.07) is 4.68. The van der Waals surface area contributed by atoms with Gasteiger partial charge < -0.3 is 15.0 Å². The lowest BCUT2D eigenvalue weighted by Gasteiger charge is -2.27. The minimum atomic E-state index is 0.431. The maximum atomic E-state index is 5.57. The van der Waals surface area contributed by atoms with E-state index in [0.29, 0.717) is 12.1 Å². The molecule has 0 amide bonds. The number of fused-ring (bicyclic) bond motifs is 2. The number of morpholine rings is 1. The molecule has 3 heterocycles. The number of rotatable bonds is 2. The number of nitrogens with zero attached hydrogens (tertiary/aromatic N) is 2. The van der Waals surface area contributed by atoms with Gasteiger partial charge in [-0.2, -0.15) is 0 Å². The van der Waals surface area contributed by atoms with Crippen LogP contribution in [0.2, 0.25) is 0 Å². The number of hydrogen-bond donors (Lipinski definition) is 1. The van der Waals surface area contributed by atoms with E-state index in [1.807, 2.05) is 13.2 Å². The fourth-order valence-electron chi connectivity index (χ4n) is 2.38. The van der Waals surface area contributed by atoms with Gasteiger partial charge in [0, 0.05) is 13.6 Å². The highest BCUT2D eigenvalue weighted by Crippen LogP contribution is 2.31. The fraction of sp³-hybridized carbons (Fsp3) is 0.545. The predicted octanol–water partition coefficient (Wildman–Crippen LogP) is 1.10. The van der Waals surface area contributed by atoms with Crippen LogP contribution >= 0.6 is 0 Å². The van der Waals surface area contributed by atoms with E-state index in [0.717, 1.165) is 31.1 Å². The van der Waals surface area contributed by atoms with Crippen LogP contribution in [0.5, 0.6) is 0 Å². The molecule has 2 unspecified atom stereocenters. The maximum absolute atomic E-state index is 5.57. The van der Waals surface area contributed by atoms with Gasteiger partial charge in [0.1, 0.15) is 5.82 Å². The standard InChI is InChI=1S/C11H15N3O/c1-12-8-2-3-11(13-5-8)14-6-10-4-9(14)7-15-10/h2-3,5,9-10,12H,4,6-7H2,1H3. The van der Waals surface area contributed by atoms with Crippen molar-refractivity contribution in [2.45, 2.75) is 18.6 Å². The Balaban J connectivity index is 1.81. The first-order valence-electron chi connectivity index (χ1n) is 5.39. The van der Waals surface area contributed by atoms with Crippen LogP contribution < -0.4 is 10.2 Å². The molecule has 2 atom stereocenters.